The van der Waals surface area contributed by atoms with Crippen LogP contribution in [0.1, 0.15) is 5.56 Å². The maximum absolute atomic E-state index is 13.0. The third-order valence-corrected chi connectivity index (χ3v) is 5.73. The fourth-order valence-corrected chi connectivity index (χ4v) is 3.64. The Morgan fingerprint density at radius 3 is 2.50 bits per heavy atom. The standard InChI is InChI=1S/C24H27FN4O3/c1-29(14-16-31-17-15-29)13-12-27-24(30)23-26-11-10-22(28-23)18-2-6-20(7-3-18)32-21-8-4-19(25)5-9-21/h2-11,23H,12-17H2,1H3,(H-,26,27,28,30)/p+1. The molecule has 1 unspecified atom stereocenters. The first kappa shape index (κ1) is 22.0. The Morgan fingerprint density at radius 1 is 1.16 bits per heavy atom. The zero-order valence-electron chi connectivity index (χ0n) is 18.1. The number of carbonyl (C=O) groups excluding carboxylic acids is 1. The summed E-state index contributed by atoms with van der Waals surface area (Å²) in [4.78, 5) is 16.9. The SMILES string of the molecule is C[N+]1(CCNC(=O)C2N=CC=C(c3ccc(Oc4ccc(F)cc4)cc3)N2)CCOCC1. The number of allylic oxidation sites excluding steroid dienone is 1. The highest BCUT2D eigenvalue weighted by molar-refractivity contribution is 5.92. The van der Waals surface area contributed by atoms with Crippen LogP contribution in [0.2, 0.25) is 0 Å². The highest BCUT2D eigenvalue weighted by atomic mass is 19.1. The number of benzene rings is 2. The third-order valence-electron chi connectivity index (χ3n) is 5.73. The van der Waals surface area contributed by atoms with Crippen molar-refractivity contribution in [2.24, 2.45) is 4.99 Å². The zero-order valence-corrected chi connectivity index (χ0v) is 18.1. The van der Waals surface area contributed by atoms with E-state index >= 15 is 0 Å². The van der Waals surface area contributed by atoms with Gasteiger partial charge >= 0.3 is 0 Å². The average Bonchev–Trinajstić information content (AvgIpc) is 2.81. The van der Waals surface area contributed by atoms with Gasteiger partial charge in [0.25, 0.3) is 5.91 Å². The number of halogens is 1. The van der Waals surface area contributed by atoms with E-state index in [4.69, 9.17) is 9.47 Å². The number of carbonyl (C=O) groups is 1. The molecule has 0 saturated carbocycles. The molecule has 32 heavy (non-hydrogen) atoms. The van der Waals surface area contributed by atoms with E-state index in [1.54, 1.807) is 18.3 Å². The van der Waals surface area contributed by atoms with Crippen molar-refractivity contribution in [2.75, 3.05) is 46.4 Å². The van der Waals surface area contributed by atoms with Gasteiger partial charge in [-0.1, -0.05) is 0 Å². The topological polar surface area (TPSA) is 72.0 Å². The van der Waals surface area contributed by atoms with E-state index in [9.17, 15) is 9.18 Å². The Kier molecular flexibility index (Phi) is 6.82. The van der Waals surface area contributed by atoms with E-state index in [-0.39, 0.29) is 11.7 Å². The Bertz CT molecular complexity index is 983. The number of hydrogen-bond acceptors (Lipinski definition) is 5. The van der Waals surface area contributed by atoms with Crippen molar-refractivity contribution in [3.05, 3.63) is 66.0 Å². The Balaban J connectivity index is 1.29. The van der Waals surface area contributed by atoms with Gasteiger partial charge in [0, 0.05) is 11.9 Å². The lowest BCUT2D eigenvalue weighted by Gasteiger charge is -2.37. The van der Waals surface area contributed by atoms with Gasteiger partial charge in [0.05, 0.1) is 33.4 Å². The van der Waals surface area contributed by atoms with Crippen LogP contribution in [-0.2, 0) is 9.53 Å². The second-order valence-corrected chi connectivity index (χ2v) is 8.20. The maximum Gasteiger partial charge on any atom is 0.265 e. The lowest BCUT2D eigenvalue weighted by atomic mass is 10.1. The molecule has 168 valence electrons. The molecule has 0 bridgehead atoms. The number of nitrogens with zero attached hydrogens (tertiary/aromatic N) is 2. The number of ether oxygens (including phenoxy) is 2. The van der Waals surface area contributed by atoms with Crippen LogP contribution in [0.25, 0.3) is 5.70 Å². The van der Waals surface area contributed by atoms with Crippen LogP contribution in [0, 0.1) is 5.82 Å². The number of morpholine rings is 1. The van der Waals surface area contributed by atoms with Crippen molar-refractivity contribution in [2.45, 2.75) is 6.17 Å². The van der Waals surface area contributed by atoms with Crippen LogP contribution < -0.4 is 15.4 Å². The number of nitrogens with one attached hydrogen (secondary N) is 2. The molecule has 0 aliphatic carbocycles. The summed E-state index contributed by atoms with van der Waals surface area (Å²) in [5, 5.41) is 6.18. The van der Waals surface area contributed by atoms with Gasteiger partial charge in [-0.3, -0.25) is 9.79 Å². The molecule has 8 heteroatoms. The van der Waals surface area contributed by atoms with Gasteiger partial charge in [-0.25, -0.2) is 4.39 Å². The Morgan fingerprint density at radius 2 is 1.81 bits per heavy atom. The maximum atomic E-state index is 13.0. The summed E-state index contributed by atoms with van der Waals surface area (Å²) in [5.74, 6) is 0.744. The highest BCUT2D eigenvalue weighted by Crippen LogP contribution is 2.24. The molecule has 1 fully saturated rings. The minimum absolute atomic E-state index is 0.150. The monoisotopic (exact) mass is 439 g/mol. The van der Waals surface area contributed by atoms with E-state index < -0.39 is 6.17 Å². The summed E-state index contributed by atoms with van der Waals surface area (Å²) >= 11 is 0. The molecule has 7 nitrogen and oxygen atoms in total. The van der Waals surface area contributed by atoms with Crippen LogP contribution in [0.4, 0.5) is 4.39 Å². The first-order chi connectivity index (χ1) is 15.5. The molecule has 2 aromatic rings. The van der Waals surface area contributed by atoms with E-state index in [1.165, 1.54) is 12.1 Å². The molecule has 2 heterocycles. The number of amides is 1. The van der Waals surface area contributed by atoms with Crippen molar-refractivity contribution in [3.63, 3.8) is 0 Å². The van der Waals surface area contributed by atoms with E-state index in [1.807, 2.05) is 30.3 Å². The summed E-state index contributed by atoms with van der Waals surface area (Å²) in [6.07, 6.45) is 2.81. The number of likely N-dealkylation sites (N-methyl/N-ethyl adjacent to an activating group) is 1. The molecular weight excluding hydrogens is 411 g/mol. The molecule has 2 aliphatic heterocycles. The van der Waals surface area contributed by atoms with Crippen molar-refractivity contribution in [1.82, 2.24) is 10.6 Å². The van der Waals surface area contributed by atoms with Crippen LogP contribution in [0.3, 0.4) is 0 Å². The van der Waals surface area contributed by atoms with Crippen LogP contribution in [0.15, 0.2) is 59.6 Å². The minimum atomic E-state index is -0.667. The largest absolute Gasteiger partial charge is 0.457 e. The molecule has 0 spiro atoms. The molecule has 2 N–H and O–H groups in total. The number of aliphatic imine (C=N–C) groups is 1. The summed E-state index contributed by atoms with van der Waals surface area (Å²) in [5.41, 5.74) is 1.72. The van der Waals surface area contributed by atoms with Crippen LogP contribution in [0.5, 0.6) is 11.5 Å². The average molecular weight is 440 g/mol. The summed E-state index contributed by atoms with van der Waals surface area (Å²) in [6, 6.07) is 13.3. The van der Waals surface area contributed by atoms with Crippen molar-refractivity contribution in [3.8, 4) is 11.5 Å². The van der Waals surface area contributed by atoms with Crippen LogP contribution in [-0.4, -0.2) is 69.2 Å². The van der Waals surface area contributed by atoms with Gasteiger partial charge in [0.15, 0.2) is 6.17 Å². The second-order valence-electron chi connectivity index (χ2n) is 8.20. The number of hydrogen-bond donors (Lipinski definition) is 2. The smallest absolute Gasteiger partial charge is 0.265 e. The van der Waals surface area contributed by atoms with Crippen LogP contribution >= 0.6 is 0 Å². The van der Waals surface area contributed by atoms with Gasteiger partial charge in [-0.05, 0) is 60.2 Å². The molecule has 1 atom stereocenters. The fraction of sp³-hybridized carbons (Fsp3) is 0.333. The van der Waals surface area contributed by atoms with E-state index in [0.29, 0.717) is 18.0 Å². The van der Waals surface area contributed by atoms with Gasteiger partial charge in [0.2, 0.25) is 0 Å². The molecule has 1 saturated heterocycles. The first-order valence-corrected chi connectivity index (χ1v) is 10.7. The zero-order chi connectivity index (χ0) is 22.4. The van der Waals surface area contributed by atoms with Gasteiger partial charge in [-0.15, -0.1) is 0 Å². The normalized spacial score (nSPS) is 19.6. The molecule has 1 amide bonds. The molecular formula is C24H28FN4O3+. The van der Waals surface area contributed by atoms with Crippen molar-refractivity contribution < 1.29 is 23.1 Å². The predicted molar refractivity (Wildman–Crippen MR) is 121 cm³/mol. The third kappa shape index (κ3) is 5.72. The predicted octanol–water partition coefficient (Wildman–Crippen LogP) is 2.55. The minimum Gasteiger partial charge on any atom is -0.457 e. The second kappa shape index (κ2) is 9.93. The summed E-state index contributed by atoms with van der Waals surface area (Å²) in [6.45, 7) is 4.91. The molecule has 2 aromatic carbocycles. The lowest BCUT2D eigenvalue weighted by molar-refractivity contribution is -0.915. The Hall–Kier alpha value is -3.23. The summed E-state index contributed by atoms with van der Waals surface area (Å²) in [7, 11) is 2.19. The van der Waals surface area contributed by atoms with Gasteiger partial charge < -0.3 is 24.6 Å². The van der Waals surface area contributed by atoms with E-state index in [2.05, 4.69) is 22.7 Å². The highest BCUT2D eigenvalue weighted by Gasteiger charge is 2.26. The number of rotatable bonds is 7. The molecule has 0 aromatic heterocycles. The lowest BCUT2D eigenvalue weighted by Crippen LogP contribution is -2.55. The van der Waals surface area contributed by atoms with Gasteiger partial charge in [0.1, 0.15) is 30.4 Å². The van der Waals surface area contributed by atoms with Crippen molar-refractivity contribution in [1.29, 1.82) is 0 Å². The van der Waals surface area contributed by atoms with Gasteiger partial charge in [-0.2, -0.15) is 0 Å². The van der Waals surface area contributed by atoms with Crippen molar-refractivity contribution >= 4 is 17.8 Å². The number of quaternary nitrogens is 1. The summed E-state index contributed by atoms with van der Waals surface area (Å²) < 4.78 is 25.1. The van der Waals surface area contributed by atoms with E-state index in [0.717, 1.165) is 48.6 Å². The first-order valence-electron chi connectivity index (χ1n) is 10.7. The molecule has 0 radical (unpaired) electrons. The molecule has 4 rings (SSSR count). The fourth-order valence-electron chi connectivity index (χ4n) is 3.64. The Labute approximate surface area is 187 Å². The quantitative estimate of drug-likeness (QED) is 0.651. The molecule has 2 aliphatic rings.